The third-order valence-electron chi connectivity index (χ3n) is 2.27. The first-order valence-electron chi connectivity index (χ1n) is 5.16. The molecule has 1 aromatic heterocycles. The fourth-order valence-corrected chi connectivity index (χ4v) is 1.45. The van der Waals surface area contributed by atoms with Gasteiger partial charge in [0.25, 0.3) is 0 Å². The highest BCUT2D eigenvalue weighted by atomic mass is 19.3. The molecule has 2 rings (SSSR count). The Morgan fingerprint density at radius 2 is 1.83 bits per heavy atom. The lowest BCUT2D eigenvalue weighted by Crippen LogP contribution is -2.04. The number of alkyl halides is 2. The predicted molar refractivity (Wildman–Crippen MR) is 60.7 cm³/mol. The van der Waals surface area contributed by atoms with Gasteiger partial charge in [-0.3, -0.25) is 9.78 Å². The summed E-state index contributed by atoms with van der Waals surface area (Å²) >= 11 is 0. The van der Waals surface area contributed by atoms with Crippen LogP contribution in [0.3, 0.4) is 0 Å². The van der Waals surface area contributed by atoms with Gasteiger partial charge in [-0.05, 0) is 36.4 Å². The van der Waals surface area contributed by atoms with Crippen molar-refractivity contribution in [3.63, 3.8) is 0 Å². The van der Waals surface area contributed by atoms with E-state index in [0.717, 1.165) is 0 Å². The second kappa shape index (κ2) is 5.35. The predicted octanol–water partition coefficient (Wildman–Crippen LogP) is 2.91. The van der Waals surface area contributed by atoms with Crippen molar-refractivity contribution < 1.29 is 18.3 Å². The van der Waals surface area contributed by atoms with Crippen LogP contribution in [0.5, 0.6) is 5.75 Å². The topological polar surface area (TPSA) is 39.2 Å². The van der Waals surface area contributed by atoms with Crippen LogP contribution in [0.2, 0.25) is 0 Å². The molecular weight excluding hydrogens is 240 g/mol. The number of carbonyl (C=O) groups is 1. The maximum absolute atomic E-state index is 12.0. The van der Waals surface area contributed by atoms with Gasteiger partial charge in [-0.1, -0.05) is 0 Å². The number of ether oxygens (including phenoxy) is 1. The van der Waals surface area contributed by atoms with Crippen LogP contribution in [0, 0.1) is 0 Å². The number of nitrogens with zero attached hydrogens (tertiary/aromatic N) is 1. The summed E-state index contributed by atoms with van der Waals surface area (Å²) in [5, 5.41) is 0. The van der Waals surface area contributed by atoms with Gasteiger partial charge in [0.2, 0.25) is 0 Å². The summed E-state index contributed by atoms with van der Waals surface area (Å²) in [6, 6.07) is 8.83. The number of pyridine rings is 1. The summed E-state index contributed by atoms with van der Waals surface area (Å²) in [6.07, 6.45) is 3.02. The van der Waals surface area contributed by atoms with Gasteiger partial charge in [0.1, 0.15) is 5.75 Å². The minimum Gasteiger partial charge on any atom is -0.435 e. The van der Waals surface area contributed by atoms with Crippen molar-refractivity contribution in [3.05, 3.63) is 59.9 Å². The summed E-state index contributed by atoms with van der Waals surface area (Å²) in [5.74, 6) is -0.195. The highest BCUT2D eigenvalue weighted by Crippen LogP contribution is 2.16. The van der Waals surface area contributed by atoms with Crippen LogP contribution in [0.1, 0.15) is 15.9 Å². The lowest BCUT2D eigenvalue weighted by molar-refractivity contribution is -0.0498. The van der Waals surface area contributed by atoms with E-state index in [4.69, 9.17) is 0 Å². The van der Waals surface area contributed by atoms with Crippen molar-refractivity contribution in [2.45, 2.75) is 6.61 Å². The van der Waals surface area contributed by atoms with Crippen LogP contribution in [-0.2, 0) is 0 Å². The molecule has 0 aliphatic carbocycles. The Morgan fingerprint density at radius 3 is 2.39 bits per heavy atom. The SMILES string of the molecule is O=C(c1ccc(OC(F)F)cc1)c1cccnc1. The maximum atomic E-state index is 12.0. The smallest absolute Gasteiger partial charge is 0.387 e. The number of halogens is 2. The molecule has 0 bridgehead atoms. The summed E-state index contributed by atoms with van der Waals surface area (Å²) in [7, 11) is 0. The minimum absolute atomic E-state index is 0.0211. The van der Waals surface area contributed by atoms with Crippen molar-refractivity contribution in [2.75, 3.05) is 0 Å². The van der Waals surface area contributed by atoms with E-state index in [-0.39, 0.29) is 11.5 Å². The zero-order chi connectivity index (χ0) is 13.0. The third-order valence-corrected chi connectivity index (χ3v) is 2.27. The fourth-order valence-electron chi connectivity index (χ4n) is 1.45. The molecular formula is C13H9F2NO2. The highest BCUT2D eigenvalue weighted by molar-refractivity contribution is 6.08. The summed E-state index contributed by atoms with van der Waals surface area (Å²) in [5.41, 5.74) is 0.838. The number of benzene rings is 1. The first kappa shape index (κ1) is 12.2. The third kappa shape index (κ3) is 2.88. The Balaban J connectivity index is 2.17. The number of carbonyl (C=O) groups excluding carboxylic acids is 1. The van der Waals surface area contributed by atoms with E-state index in [0.29, 0.717) is 11.1 Å². The van der Waals surface area contributed by atoms with E-state index >= 15 is 0 Å². The Bertz CT molecular complexity index is 526. The maximum Gasteiger partial charge on any atom is 0.387 e. The van der Waals surface area contributed by atoms with Gasteiger partial charge in [0.05, 0.1) is 0 Å². The van der Waals surface area contributed by atoms with Crippen LogP contribution in [-0.4, -0.2) is 17.4 Å². The molecule has 18 heavy (non-hydrogen) atoms. The molecule has 3 nitrogen and oxygen atoms in total. The van der Waals surface area contributed by atoms with Gasteiger partial charge in [-0.2, -0.15) is 8.78 Å². The Labute approximate surface area is 102 Å². The molecule has 0 spiro atoms. The number of hydrogen-bond donors (Lipinski definition) is 0. The molecule has 1 aromatic carbocycles. The van der Waals surface area contributed by atoms with Crippen LogP contribution < -0.4 is 4.74 Å². The second-order valence-corrected chi connectivity index (χ2v) is 3.47. The normalized spacial score (nSPS) is 10.4. The van der Waals surface area contributed by atoms with Crippen LogP contribution in [0.4, 0.5) is 8.78 Å². The van der Waals surface area contributed by atoms with Gasteiger partial charge in [-0.15, -0.1) is 0 Å². The van der Waals surface area contributed by atoms with Gasteiger partial charge >= 0.3 is 6.61 Å². The van der Waals surface area contributed by atoms with Crippen molar-refractivity contribution in [1.29, 1.82) is 0 Å². The molecule has 0 atom stereocenters. The number of ketones is 1. The monoisotopic (exact) mass is 249 g/mol. The summed E-state index contributed by atoms with van der Waals surface area (Å²) < 4.78 is 28.1. The van der Waals surface area contributed by atoms with Crippen molar-refractivity contribution >= 4 is 5.78 Å². The molecule has 0 amide bonds. The van der Waals surface area contributed by atoms with Gasteiger partial charge in [0, 0.05) is 23.5 Å². The summed E-state index contributed by atoms with van der Waals surface area (Å²) in [6.45, 7) is -2.87. The van der Waals surface area contributed by atoms with E-state index in [1.54, 1.807) is 18.3 Å². The largest absolute Gasteiger partial charge is 0.435 e. The van der Waals surface area contributed by atoms with Crippen molar-refractivity contribution in [1.82, 2.24) is 4.98 Å². The highest BCUT2D eigenvalue weighted by Gasteiger charge is 2.10. The summed E-state index contributed by atoms with van der Waals surface area (Å²) in [4.78, 5) is 15.8. The molecule has 0 radical (unpaired) electrons. The molecule has 2 aromatic rings. The molecule has 0 saturated heterocycles. The first-order chi connectivity index (χ1) is 8.66. The molecule has 0 unspecified atom stereocenters. The van der Waals surface area contributed by atoms with Gasteiger partial charge in [-0.25, -0.2) is 0 Å². The van der Waals surface area contributed by atoms with E-state index in [1.165, 1.54) is 30.5 Å². The minimum atomic E-state index is -2.87. The average Bonchev–Trinajstić information content (AvgIpc) is 2.39. The quantitative estimate of drug-likeness (QED) is 0.782. The lowest BCUT2D eigenvalue weighted by Gasteiger charge is -2.05. The molecule has 92 valence electrons. The number of aromatic nitrogens is 1. The zero-order valence-electron chi connectivity index (χ0n) is 9.22. The molecule has 1 heterocycles. The zero-order valence-corrected chi connectivity index (χ0v) is 9.22. The van der Waals surface area contributed by atoms with E-state index in [9.17, 15) is 13.6 Å². The van der Waals surface area contributed by atoms with Gasteiger partial charge < -0.3 is 4.74 Å². The Morgan fingerprint density at radius 1 is 1.11 bits per heavy atom. The van der Waals surface area contributed by atoms with Crippen molar-refractivity contribution in [3.8, 4) is 5.75 Å². The van der Waals surface area contributed by atoms with E-state index in [2.05, 4.69) is 9.72 Å². The Kier molecular flexibility index (Phi) is 3.62. The first-order valence-corrected chi connectivity index (χ1v) is 5.16. The molecule has 0 aliphatic rings. The van der Waals surface area contributed by atoms with Crippen molar-refractivity contribution in [2.24, 2.45) is 0 Å². The van der Waals surface area contributed by atoms with Crippen LogP contribution in [0.25, 0.3) is 0 Å². The lowest BCUT2D eigenvalue weighted by atomic mass is 10.1. The Hall–Kier alpha value is -2.30. The van der Waals surface area contributed by atoms with Crippen LogP contribution >= 0.6 is 0 Å². The second-order valence-electron chi connectivity index (χ2n) is 3.47. The molecule has 0 saturated carbocycles. The number of hydrogen-bond acceptors (Lipinski definition) is 3. The van der Waals surface area contributed by atoms with E-state index in [1.807, 2.05) is 0 Å². The molecule has 0 fully saturated rings. The average molecular weight is 249 g/mol. The number of rotatable bonds is 4. The fraction of sp³-hybridized carbons (Fsp3) is 0.0769. The standard InChI is InChI=1S/C13H9F2NO2/c14-13(15)18-11-5-3-9(4-6-11)12(17)10-2-1-7-16-8-10/h1-8,13H. The molecule has 5 heteroatoms. The van der Waals surface area contributed by atoms with Gasteiger partial charge in [0.15, 0.2) is 5.78 Å². The van der Waals surface area contributed by atoms with Crippen LogP contribution in [0.15, 0.2) is 48.8 Å². The molecule has 0 N–H and O–H groups in total. The van der Waals surface area contributed by atoms with E-state index < -0.39 is 6.61 Å². The molecule has 0 aliphatic heterocycles.